The average molecular weight is 207 g/mol. The molecule has 2 nitrogen and oxygen atoms in total. The first-order valence-electron chi connectivity index (χ1n) is 4.10. The lowest BCUT2D eigenvalue weighted by atomic mass is 10.1. The highest BCUT2D eigenvalue weighted by Gasteiger charge is 2.07. The predicted octanol–water partition coefficient (Wildman–Crippen LogP) is 3.41. The lowest BCUT2D eigenvalue weighted by molar-refractivity contribution is 0.110. The van der Waals surface area contributed by atoms with Crippen molar-refractivity contribution in [1.29, 1.82) is 0 Å². The summed E-state index contributed by atoms with van der Waals surface area (Å²) in [5.41, 5.74) is 1.65. The number of benzene rings is 1. The highest BCUT2D eigenvalue weighted by Crippen LogP contribution is 2.25. The standard InChI is InChI=1S/C11H7ClO2/c12-9-3-1-2-8(6-9)10-4-5-14-11(10)7-13/h1-7H. The molecule has 0 saturated heterocycles. The Kier molecular flexibility index (Phi) is 2.37. The Morgan fingerprint density at radius 1 is 1.29 bits per heavy atom. The Morgan fingerprint density at radius 2 is 2.14 bits per heavy atom. The van der Waals surface area contributed by atoms with E-state index in [1.54, 1.807) is 18.2 Å². The molecule has 0 aliphatic heterocycles. The maximum atomic E-state index is 10.6. The van der Waals surface area contributed by atoms with Crippen LogP contribution in [-0.4, -0.2) is 6.29 Å². The van der Waals surface area contributed by atoms with Crippen molar-refractivity contribution in [2.75, 3.05) is 0 Å². The van der Waals surface area contributed by atoms with Crippen LogP contribution in [0.5, 0.6) is 0 Å². The lowest BCUT2D eigenvalue weighted by Gasteiger charge is -1.98. The van der Waals surface area contributed by atoms with Gasteiger partial charge in [-0.15, -0.1) is 0 Å². The van der Waals surface area contributed by atoms with E-state index < -0.39 is 0 Å². The van der Waals surface area contributed by atoms with Gasteiger partial charge in [0.15, 0.2) is 12.0 Å². The zero-order valence-electron chi connectivity index (χ0n) is 7.24. The molecule has 3 heteroatoms. The van der Waals surface area contributed by atoms with Crippen molar-refractivity contribution in [3.8, 4) is 11.1 Å². The third-order valence-corrected chi connectivity index (χ3v) is 2.17. The van der Waals surface area contributed by atoms with E-state index in [0.717, 1.165) is 11.1 Å². The van der Waals surface area contributed by atoms with Gasteiger partial charge in [-0.3, -0.25) is 4.79 Å². The van der Waals surface area contributed by atoms with E-state index in [-0.39, 0.29) is 0 Å². The van der Waals surface area contributed by atoms with Gasteiger partial charge in [0.1, 0.15) is 0 Å². The Labute approximate surface area is 86.1 Å². The average Bonchev–Trinajstić information content (AvgIpc) is 2.65. The largest absolute Gasteiger partial charge is 0.461 e. The smallest absolute Gasteiger partial charge is 0.185 e. The van der Waals surface area contributed by atoms with Crippen molar-refractivity contribution in [3.05, 3.63) is 47.4 Å². The molecule has 14 heavy (non-hydrogen) atoms. The number of rotatable bonds is 2. The van der Waals surface area contributed by atoms with Gasteiger partial charge in [0.2, 0.25) is 0 Å². The van der Waals surface area contributed by atoms with Crippen LogP contribution >= 0.6 is 11.6 Å². The first-order chi connectivity index (χ1) is 6.81. The number of halogens is 1. The van der Waals surface area contributed by atoms with Crippen molar-refractivity contribution in [1.82, 2.24) is 0 Å². The molecule has 2 rings (SSSR count). The second-order valence-electron chi connectivity index (χ2n) is 2.83. The van der Waals surface area contributed by atoms with Crippen molar-refractivity contribution >= 4 is 17.9 Å². The van der Waals surface area contributed by atoms with Gasteiger partial charge in [0, 0.05) is 10.6 Å². The molecule has 2 aromatic rings. The fourth-order valence-electron chi connectivity index (χ4n) is 1.31. The summed E-state index contributed by atoms with van der Waals surface area (Å²) in [6, 6.07) is 9.03. The predicted molar refractivity (Wildman–Crippen MR) is 54.5 cm³/mol. The molecule has 0 saturated carbocycles. The van der Waals surface area contributed by atoms with Gasteiger partial charge in [-0.05, 0) is 23.8 Å². The van der Waals surface area contributed by atoms with Crippen LogP contribution in [0.2, 0.25) is 5.02 Å². The third kappa shape index (κ3) is 1.56. The maximum Gasteiger partial charge on any atom is 0.185 e. The summed E-state index contributed by atoms with van der Waals surface area (Å²) in [5.74, 6) is 0.326. The highest BCUT2D eigenvalue weighted by atomic mass is 35.5. The first kappa shape index (κ1) is 9.03. The number of hydrogen-bond donors (Lipinski definition) is 0. The molecule has 0 unspecified atom stereocenters. The van der Waals surface area contributed by atoms with Gasteiger partial charge in [0.05, 0.1) is 6.26 Å². The van der Waals surface area contributed by atoms with Crippen LogP contribution in [0.3, 0.4) is 0 Å². The Morgan fingerprint density at radius 3 is 2.86 bits per heavy atom. The Balaban J connectivity index is 2.54. The number of aldehydes is 1. The van der Waals surface area contributed by atoms with Crippen molar-refractivity contribution in [3.63, 3.8) is 0 Å². The molecule has 0 atom stereocenters. The van der Waals surface area contributed by atoms with Gasteiger partial charge >= 0.3 is 0 Å². The molecule has 0 fully saturated rings. The minimum Gasteiger partial charge on any atom is -0.461 e. The fraction of sp³-hybridized carbons (Fsp3) is 0. The summed E-state index contributed by atoms with van der Waals surface area (Å²) in [6.07, 6.45) is 2.18. The van der Waals surface area contributed by atoms with Crippen LogP contribution in [0.1, 0.15) is 10.6 Å². The lowest BCUT2D eigenvalue weighted by Crippen LogP contribution is -1.80. The summed E-state index contributed by atoms with van der Waals surface area (Å²) in [7, 11) is 0. The minimum absolute atomic E-state index is 0.326. The quantitative estimate of drug-likeness (QED) is 0.705. The van der Waals surface area contributed by atoms with Gasteiger partial charge < -0.3 is 4.42 Å². The molecule has 0 N–H and O–H groups in total. The third-order valence-electron chi connectivity index (χ3n) is 1.94. The van der Waals surface area contributed by atoms with E-state index in [1.165, 1.54) is 6.26 Å². The number of hydrogen-bond acceptors (Lipinski definition) is 2. The van der Waals surface area contributed by atoms with Gasteiger partial charge in [-0.2, -0.15) is 0 Å². The van der Waals surface area contributed by atoms with Crippen molar-refractivity contribution < 1.29 is 9.21 Å². The van der Waals surface area contributed by atoms with Crippen LogP contribution < -0.4 is 0 Å². The van der Waals surface area contributed by atoms with Crippen LogP contribution in [0.25, 0.3) is 11.1 Å². The highest BCUT2D eigenvalue weighted by molar-refractivity contribution is 6.30. The molecule has 0 aliphatic rings. The molecule has 1 aromatic heterocycles. The monoisotopic (exact) mass is 206 g/mol. The second-order valence-corrected chi connectivity index (χ2v) is 3.26. The summed E-state index contributed by atoms with van der Waals surface area (Å²) < 4.78 is 5.00. The summed E-state index contributed by atoms with van der Waals surface area (Å²) in [5, 5.41) is 0.639. The van der Waals surface area contributed by atoms with Gasteiger partial charge in [-0.25, -0.2) is 0 Å². The summed E-state index contributed by atoms with van der Waals surface area (Å²) in [6.45, 7) is 0. The zero-order chi connectivity index (χ0) is 9.97. The number of furan rings is 1. The van der Waals surface area contributed by atoms with Crippen molar-refractivity contribution in [2.45, 2.75) is 0 Å². The Hall–Kier alpha value is -1.54. The molecule has 0 radical (unpaired) electrons. The van der Waals surface area contributed by atoms with Crippen LogP contribution in [0, 0.1) is 0 Å². The van der Waals surface area contributed by atoms with E-state index in [1.807, 2.05) is 12.1 Å². The summed E-state index contributed by atoms with van der Waals surface area (Å²) in [4.78, 5) is 10.6. The molecular weight excluding hydrogens is 200 g/mol. The maximum absolute atomic E-state index is 10.6. The SMILES string of the molecule is O=Cc1occc1-c1cccc(Cl)c1. The molecule has 0 amide bonds. The van der Waals surface area contributed by atoms with E-state index in [2.05, 4.69) is 0 Å². The normalized spacial score (nSPS) is 10.1. The van der Waals surface area contributed by atoms with E-state index in [9.17, 15) is 4.79 Å². The van der Waals surface area contributed by atoms with Crippen LogP contribution in [0.15, 0.2) is 41.0 Å². The van der Waals surface area contributed by atoms with Crippen LogP contribution in [0.4, 0.5) is 0 Å². The topological polar surface area (TPSA) is 30.2 Å². The van der Waals surface area contributed by atoms with Gasteiger partial charge in [-0.1, -0.05) is 23.7 Å². The van der Waals surface area contributed by atoms with E-state index in [0.29, 0.717) is 17.1 Å². The first-order valence-corrected chi connectivity index (χ1v) is 4.47. The zero-order valence-corrected chi connectivity index (χ0v) is 7.99. The molecule has 70 valence electrons. The Bertz CT molecular complexity index is 460. The molecule has 0 aliphatic carbocycles. The second kappa shape index (κ2) is 3.68. The minimum atomic E-state index is 0.326. The molecule has 0 spiro atoms. The molecule has 0 bridgehead atoms. The molecular formula is C11H7ClO2. The summed E-state index contributed by atoms with van der Waals surface area (Å²) >= 11 is 5.84. The van der Waals surface area contributed by atoms with E-state index in [4.69, 9.17) is 16.0 Å². The fourth-order valence-corrected chi connectivity index (χ4v) is 1.50. The number of carbonyl (C=O) groups excluding carboxylic acids is 1. The van der Waals surface area contributed by atoms with E-state index >= 15 is 0 Å². The van der Waals surface area contributed by atoms with Gasteiger partial charge in [0.25, 0.3) is 0 Å². The molecule has 1 aromatic carbocycles. The molecule has 1 heterocycles. The number of carbonyl (C=O) groups is 1. The van der Waals surface area contributed by atoms with Crippen molar-refractivity contribution in [2.24, 2.45) is 0 Å². The van der Waals surface area contributed by atoms with Crippen LogP contribution in [-0.2, 0) is 0 Å².